The molecule has 0 spiro atoms. The smallest absolute Gasteiger partial charge is 0.243 e. The zero-order valence-electron chi connectivity index (χ0n) is 18.7. The van der Waals surface area contributed by atoms with Crippen LogP contribution in [0, 0.1) is 5.92 Å². The van der Waals surface area contributed by atoms with Crippen molar-refractivity contribution in [1.82, 2.24) is 9.62 Å². The second-order valence-corrected chi connectivity index (χ2v) is 11.0. The molecule has 8 heteroatoms. The van der Waals surface area contributed by atoms with Crippen LogP contribution in [0.2, 0.25) is 0 Å². The number of fused-ring (bicyclic) bond motifs is 1. The van der Waals surface area contributed by atoms with Crippen LogP contribution in [0.15, 0.2) is 53.4 Å². The predicted octanol–water partition coefficient (Wildman–Crippen LogP) is 3.51. The highest BCUT2D eigenvalue weighted by molar-refractivity contribution is 7.89. The van der Waals surface area contributed by atoms with Gasteiger partial charge in [-0.2, -0.15) is 4.31 Å². The number of hydrogen-bond donors (Lipinski definition) is 1. The monoisotopic (exact) mass is 458 g/mol. The fourth-order valence-corrected chi connectivity index (χ4v) is 6.04. The molecule has 2 aliphatic heterocycles. The number of methoxy groups -OCH3 is 1. The molecule has 0 aromatic heterocycles. The highest BCUT2D eigenvalue weighted by Gasteiger charge is 2.38. The van der Waals surface area contributed by atoms with Crippen molar-refractivity contribution in [3.8, 4) is 11.5 Å². The van der Waals surface area contributed by atoms with E-state index in [1.165, 1.54) is 4.31 Å². The van der Waals surface area contributed by atoms with Gasteiger partial charge in [0.25, 0.3) is 0 Å². The average Bonchev–Trinajstić information content (AvgIpc) is 2.79. The SMILES string of the molecule is COc1ccc2c(c1)C(NC(=O)C1CCCN(S(=O)(=O)c3ccccc3)C1)CC(C)(C)O2. The second kappa shape index (κ2) is 8.75. The van der Waals surface area contributed by atoms with E-state index in [1.807, 2.05) is 32.0 Å². The van der Waals surface area contributed by atoms with Gasteiger partial charge in [0.05, 0.1) is 24.0 Å². The first-order valence-electron chi connectivity index (χ1n) is 10.9. The van der Waals surface area contributed by atoms with Crippen LogP contribution in [-0.4, -0.2) is 44.4 Å². The van der Waals surface area contributed by atoms with Crippen LogP contribution in [0.1, 0.15) is 44.7 Å². The minimum Gasteiger partial charge on any atom is -0.497 e. The Morgan fingerprint density at radius 1 is 1.19 bits per heavy atom. The van der Waals surface area contributed by atoms with E-state index in [-0.39, 0.29) is 23.4 Å². The number of nitrogens with one attached hydrogen (secondary N) is 1. The standard InChI is InChI=1S/C24H30N2O5S/c1-24(2)15-21(20-14-18(30-3)11-12-22(20)31-24)25-23(27)17-8-7-13-26(16-17)32(28,29)19-9-5-4-6-10-19/h4-6,9-12,14,17,21H,7-8,13,15-16H2,1-3H3,(H,25,27). The number of rotatable bonds is 5. The number of carbonyl (C=O) groups excluding carboxylic acids is 1. The Bertz CT molecular complexity index is 1080. The first kappa shape index (κ1) is 22.6. The molecule has 1 amide bonds. The summed E-state index contributed by atoms with van der Waals surface area (Å²) >= 11 is 0. The Morgan fingerprint density at radius 2 is 1.94 bits per heavy atom. The molecule has 0 radical (unpaired) electrons. The number of carbonyl (C=O) groups is 1. The molecule has 4 rings (SSSR count). The van der Waals surface area contributed by atoms with Crippen LogP contribution in [0.3, 0.4) is 0 Å². The topological polar surface area (TPSA) is 84.9 Å². The average molecular weight is 459 g/mol. The molecule has 172 valence electrons. The summed E-state index contributed by atoms with van der Waals surface area (Å²) in [6.45, 7) is 4.59. The molecule has 2 aromatic rings. The number of benzene rings is 2. The molecule has 1 saturated heterocycles. The molecule has 2 unspecified atom stereocenters. The molecule has 1 fully saturated rings. The molecule has 32 heavy (non-hydrogen) atoms. The van der Waals surface area contributed by atoms with E-state index in [4.69, 9.17) is 9.47 Å². The van der Waals surface area contributed by atoms with E-state index < -0.39 is 21.5 Å². The van der Waals surface area contributed by atoms with E-state index in [9.17, 15) is 13.2 Å². The van der Waals surface area contributed by atoms with Crippen molar-refractivity contribution in [3.63, 3.8) is 0 Å². The van der Waals surface area contributed by atoms with Crippen molar-refractivity contribution in [1.29, 1.82) is 0 Å². The minimum absolute atomic E-state index is 0.130. The summed E-state index contributed by atoms with van der Waals surface area (Å²) in [5, 5.41) is 3.17. The van der Waals surface area contributed by atoms with Gasteiger partial charge in [-0.05, 0) is 57.0 Å². The Balaban J connectivity index is 1.52. The van der Waals surface area contributed by atoms with E-state index in [0.29, 0.717) is 31.6 Å². The number of ether oxygens (including phenoxy) is 2. The van der Waals surface area contributed by atoms with Crippen molar-refractivity contribution in [2.45, 2.75) is 49.6 Å². The van der Waals surface area contributed by atoms with Crippen LogP contribution in [0.25, 0.3) is 0 Å². The summed E-state index contributed by atoms with van der Waals surface area (Å²) in [5.41, 5.74) is 0.441. The molecule has 1 N–H and O–H groups in total. The third-order valence-electron chi connectivity index (χ3n) is 6.13. The Morgan fingerprint density at radius 3 is 2.66 bits per heavy atom. The van der Waals surface area contributed by atoms with Crippen molar-refractivity contribution in [2.24, 2.45) is 5.92 Å². The Hall–Kier alpha value is -2.58. The van der Waals surface area contributed by atoms with Gasteiger partial charge < -0.3 is 14.8 Å². The molecule has 2 atom stereocenters. The van der Waals surface area contributed by atoms with Gasteiger partial charge in [0.15, 0.2) is 0 Å². The minimum atomic E-state index is -3.62. The lowest BCUT2D eigenvalue weighted by molar-refractivity contribution is -0.127. The normalized spacial score (nSPS) is 23.0. The van der Waals surface area contributed by atoms with Crippen molar-refractivity contribution in [2.75, 3.05) is 20.2 Å². The Kier molecular flexibility index (Phi) is 6.18. The fourth-order valence-electron chi connectivity index (χ4n) is 4.49. The largest absolute Gasteiger partial charge is 0.497 e. The third-order valence-corrected chi connectivity index (χ3v) is 8.01. The maximum Gasteiger partial charge on any atom is 0.243 e. The highest BCUT2D eigenvalue weighted by Crippen LogP contribution is 2.41. The van der Waals surface area contributed by atoms with Gasteiger partial charge in [0.1, 0.15) is 17.1 Å². The van der Waals surface area contributed by atoms with E-state index in [2.05, 4.69) is 5.32 Å². The predicted molar refractivity (Wildman–Crippen MR) is 121 cm³/mol. The van der Waals surface area contributed by atoms with E-state index in [1.54, 1.807) is 37.4 Å². The first-order valence-corrected chi connectivity index (χ1v) is 12.4. The third kappa shape index (κ3) is 4.61. The van der Waals surface area contributed by atoms with Crippen LogP contribution in [0.4, 0.5) is 0 Å². The summed E-state index contributed by atoms with van der Waals surface area (Å²) in [6.07, 6.45) is 1.91. The maximum absolute atomic E-state index is 13.2. The summed E-state index contributed by atoms with van der Waals surface area (Å²) in [4.78, 5) is 13.5. The molecule has 0 bridgehead atoms. The number of piperidine rings is 1. The van der Waals surface area contributed by atoms with Crippen molar-refractivity contribution >= 4 is 15.9 Å². The number of amides is 1. The molecule has 2 heterocycles. The molecule has 0 aliphatic carbocycles. The number of sulfonamides is 1. The molecular formula is C24H30N2O5S. The summed E-state index contributed by atoms with van der Waals surface area (Å²) in [5.74, 6) is 0.894. The van der Waals surface area contributed by atoms with Gasteiger partial charge in [-0.25, -0.2) is 8.42 Å². The molecule has 2 aliphatic rings. The van der Waals surface area contributed by atoms with Gasteiger partial charge >= 0.3 is 0 Å². The van der Waals surface area contributed by atoms with Crippen LogP contribution in [0.5, 0.6) is 11.5 Å². The number of nitrogens with zero attached hydrogens (tertiary/aromatic N) is 1. The van der Waals surface area contributed by atoms with Gasteiger partial charge in [-0.3, -0.25) is 4.79 Å². The van der Waals surface area contributed by atoms with Gasteiger partial charge in [-0.1, -0.05) is 18.2 Å². The summed E-state index contributed by atoms with van der Waals surface area (Å²) in [6, 6.07) is 13.7. The van der Waals surface area contributed by atoms with Gasteiger partial charge in [-0.15, -0.1) is 0 Å². The first-order chi connectivity index (χ1) is 15.2. The zero-order chi connectivity index (χ0) is 22.9. The lowest BCUT2D eigenvalue weighted by atomic mass is 9.88. The lowest BCUT2D eigenvalue weighted by Crippen LogP contribution is -2.48. The molecule has 7 nitrogen and oxygen atoms in total. The molecule has 0 saturated carbocycles. The van der Waals surface area contributed by atoms with Crippen molar-refractivity contribution < 1.29 is 22.7 Å². The lowest BCUT2D eigenvalue weighted by Gasteiger charge is -2.39. The van der Waals surface area contributed by atoms with Gasteiger partial charge in [0, 0.05) is 25.1 Å². The van der Waals surface area contributed by atoms with E-state index in [0.717, 1.165) is 11.3 Å². The zero-order valence-corrected chi connectivity index (χ0v) is 19.5. The van der Waals surface area contributed by atoms with Crippen LogP contribution in [-0.2, 0) is 14.8 Å². The van der Waals surface area contributed by atoms with Crippen LogP contribution < -0.4 is 14.8 Å². The molecule has 2 aromatic carbocycles. The van der Waals surface area contributed by atoms with Crippen LogP contribution >= 0.6 is 0 Å². The van der Waals surface area contributed by atoms with E-state index >= 15 is 0 Å². The summed E-state index contributed by atoms with van der Waals surface area (Å²) < 4.78 is 38.9. The highest BCUT2D eigenvalue weighted by atomic mass is 32.2. The number of hydrogen-bond acceptors (Lipinski definition) is 5. The summed E-state index contributed by atoms with van der Waals surface area (Å²) in [7, 11) is -2.02. The molecular weight excluding hydrogens is 428 g/mol. The second-order valence-electron chi connectivity index (χ2n) is 9.05. The Labute approximate surface area is 189 Å². The van der Waals surface area contributed by atoms with Crippen molar-refractivity contribution in [3.05, 3.63) is 54.1 Å². The van der Waals surface area contributed by atoms with Gasteiger partial charge in [0.2, 0.25) is 15.9 Å². The fraction of sp³-hybridized carbons (Fsp3) is 0.458. The quantitative estimate of drug-likeness (QED) is 0.741. The maximum atomic E-state index is 13.2.